The zero-order valence-electron chi connectivity index (χ0n) is 13.1. The van der Waals surface area contributed by atoms with Crippen molar-refractivity contribution in [2.45, 2.75) is 38.3 Å². The minimum atomic E-state index is 0.378. The molecule has 2 heterocycles. The maximum atomic E-state index is 3.75. The van der Waals surface area contributed by atoms with Gasteiger partial charge in [-0.25, -0.2) is 0 Å². The summed E-state index contributed by atoms with van der Waals surface area (Å²) in [4.78, 5) is 5.26. The third-order valence-corrected chi connectivity index (χ3v) is 5.74. The van der Waals surface area contributed by atoms with Gasteiger partial charge in [0.25, 0.3) is 0 Å². The minimum absolute atomic E-state index is 0.378. The summed E-state index contributed by atoms with van der Waals surface area (Å²) in [6.07, 6.45) is 4.02. The Morgan fingerprint density at radius 3 is 2.81 bits per heavy atom. The molecule has 2 unspecified atom stereocenters. The Morgan fingerprint density at radius 1 is 1.24 bits per heavy atom. The topological polar surface area (TPSA) is 18.5 Å². The number of benzene rings is 1. The Bertz CT molecular complexity index is 491. The number of hydrogen-bond acceptors (Lipinski definition) is 3. The smallest absolute Gasteiger partial charge is 0.0378 e. The van der Waals surface area contributed by atoms with Crippen LogP contribution in [-0.4, -0.2) is 44.2 Å². The SMILES string of the molecule is CNC(C)c1ccc(N2CCCN3CCCC3C2)cc1Br. The van der Waals surface area contributed by atoms with Crippen molar-refractivity contribution in [3.05, 3.63) is 28.2 Å². The van der Waals surface area contributed by atoms with Crippen molar-refractivity contribution in [2.75, 3.05) is 38.1 Å². The number of fused-ring (bicyclic) bond motifs is 1. The number of hydrogen-bond donors (Lipinski definition) is 1. The van der Waals surface area contributed by atoms with Gasteiger partial charge in [-0.1, -0.05) is 22.0 Å². The lowest BCUT2D eigenvalue weighted by Gasteiger charge is -2.28. The second-order valence-corrected chi connectivity index (χ2v) is 7.20. The van der Waals surface area contributed by atoms with Crippen LogP contribution in [0.2, 0.25) is 0 Å². The molecule has 0 aromatic heterocycles. The van der Waals surface area contributed by atoms with Gasteiger partial charge in [0, 0.05) is 41.9 Å². The molecule has 0 bridgehead atoms. The summed E-state index contributed by atoms with van der Waals surface area (Å²) in [5.74, 6) is 0. The summed E-state index contributed by atoms with van der Waals surface area (Å²) in [5, 5.41) is 3.31. The van der Waals surface area contributed by atoms with Crippen LogP contribution in [0.25, 0.3) is 0 Å². The van der Waals surface area contributed by atoms with Gasteiger partial charge in [0.2, 0.25) is 0 Å². The lowest BCUT2D eigenvalue weighted by Crippen LogP contribution is -2.36. The van der Waals surface area contributed by atoms with E-state index >= 15 is 0 Å². The molecule has 0 saturated carbocycles. The monoisotopic (exact) mass is 351 g/mol. The van der Waals surface area contributed by atoms with Crippen molar-refractivity contribution in [3.63, 3.8) is 0 Å². The van der Waals surface area contributed by atoms with Crippen molar-refractivity contribution in [3.8, 4) is 0 Å². The van der Waals surface area contributed by atoms with Crippen LogP contribution < -0.4 is 10.2 Å². The van der Waals surface area contributed by atoms with Crippen molar-refractivity contribution in [1.29, 1.82) is 0 Å². The van der Waals surface area contributed by atoms with Gasteiger partial charge in [-0.05, 0) is 57.5 Å². The molecule has 1 N–H and O–H groups in total. The fraction of sp³-hybridized carbons (Fsp3) is 0.647. The van der Waals surface area contributed by atoms with E-state index in [4.69, 9.17) is 0 Å². The standard InChI is InChI=1S/C17H26BrN3/c1-13(19-2)16-7-6-14(11-17(16)18)21-10-4-9-20-8-3-5-15(20)12-21/h6-7,11,13,15,19H,3-5,8-10,12H2,1-2H3. The highest BCUT2D eigenvalue weighted by atomic mass is 79.9. The van der Waals surface area contributed by atoms with E-state index in [1.807, 2.05) is 7.05 Å². The average molecular weight is 352 g/mol. The van der Waals surface area contributed by atoms with Crippen molar-refractivity contribution in [1.82, 2.24) is 10.2 Å². The molecule has 0 aliphatic carbocycles. The van der Waals surface area contributed by atoms with Crippen LogP contribution in [0, 0.1) is 0 Å². The summed E-state index contributed by atoms with van der Waals surface area (Å²) in [5.41, 5.74) is 2.70. The first-order chi connectivity index (χ1) is 10.2. The van der Waals surface area contributed by atoms with Gasteiger partial charge in [0.1, 0.15) is 0 Å². The van der Waals surface area contributed by atoms with Gasteiger partial charge >= 0.3 is 0 Å². The Hall–Kier alpha value is -0.580. The van der Waals surface area contributed by atoms with Crippen LogP contribution in [-0.2, 0) is 0 Å². The molecular weight excluding hydrogens is 326 g/mol. The molecule has 116 valence electrons. The van der Waals surface area contributed by atoms with Gasteiger partial charge in [-0.2, -0.15) is 0 Å². The van der Waals surface area contributed by atoms with E-state index in [0.717, 1.165) is 6.04 Å². The second-order valence-electron chi connectivity index (χ2n) is 6.35. The molecule has 2 fully saturated rings. The van der Waals surface area contributed by atoms with E-state index < -0.39 is 0 Å². The van der Waals surface area contributed by atoms with Crippen LogP contribution in [0.3, 0.4) is 0 Å². The van der Waals surface area contributed by atoms with Gasteiger partial charge in [0.05, 0.1) is 0 Å². The van der Waals surface area contributed by atoms with Crippen LogP contribution in [0.5, 0.6) is 0 Å². The fourth-order valence-corrected chi connectivity index (χ4v) is 4.37. The van der Waals surface area contributed by atoms with E-state index in [2.05, 4.69) is 56.2 Å². The predicted octanol–water partition coefficient (Wildman–Crippen LogP) is 3.40. The van der Waals surface area contributed by atoms with E-state index in [-0.39, 0.29) is 0 Å². The van der Waals surface area contributed by atoms with Crippen LogP contribution in [0.15, 0.2) is 22.7 Å². The number of nitrogens with zero attached hydrogens (tertiary/aromatic N) is 2. The molecule has 0 amide bonds. The Morgan fingerprint density at radius 2 is 2.05 bits per heavy atom. The number of rotatable bonds is 3. The molecule has 2 saturated heterocycles. The predicted molar refractivity (Wildman–Crippen MR) is 93.0 cm³/mol. The van der Waals surface area contributed by atoms with E-state index in [0.29, 0.717) is 6.04 Å². The van der Waals surface area contributed by atoms with Gasteiger partial charge < -0.3 is 10.2 Å². The maximum absolute atomic E-state index is 3.75. The quantitative estimate of drug-likeness (QED) is 0.900. The zero-order valence-corrected chi connectivity index (χ0v) is 14.7. The molecule has 21 heavy (non-hydrogen) atoms. The van der Waals surface area contributed by atoms with E-state index in [9.17, 15) is 0 Å². The highest BCUT2D eigenvalue weighted by molar-refractivity contribution is 9.10. The molecular formula is C17H26BrN3. The molecule has 1 aromatic carbocycles. The molecule has 3 rings (SSSR count). The second kappa shape index (κ2) is 6.67. The minimum Gasteiger partial charge on any atom is -0.370 e. The van der Waals surface area contributed by atoms with Crippen LogP contribution in [0.4, 0.5) is 5.69 Å². The zero-order chi connectivity index (χ0) is 14.8. The molecule has 1 aromatic rings. The van der Waals surface area contributed by atoms with Crippen LogP contribution >= 0.6 is 15.9 Å². The van der Waals surface area contributed by atoms with Crippen molar-refractivity contribution >= 4 is 21.6 Å². The van der Waals surface area contributed by atoms with Crippen molar-refractivity contribution in [2.24, 2.45) is 0 Å². The Labute approximate surface area is 136 Å². The molecule has 0 radical (unpaired) electrons. The summed E-state index contributed by atoms with van der Waals surface area (Å²) in [6.45, 7) is 7.15. The summed E-state index contributed by atoms with van der Waals surface area (Å²) in [6, 6.07) is 7.99. The molecule has 2 aliphatic heterocycles. The van der Waals surface area contributed by atoms with Gasteiger partial charge in [0.15, 0.2) is 0 Å². The van der Waals surface area contributed by atoms with Crippen LogP contribution in [0.1, 0.15) is 37.8 Å². The largest absolute Gasteiger partial charge is 0.370 e. The molecule has 2 aliphatic rings. The highest BCUT2D eigenvalue weighted by Crippen LogP contribution is 2.30. The number of halogens is 1. The average Bonchev–Trinajstić information content (AvgIpc) is 2.83. The van der Waals surface area contributed by atoms with Gasteiger partial charge in [-0.3, -0.25) is 4.90 Å². The molecule has 3 nitrogen and oxygen atoms in total. The molecule has 2 atom stereocenters. The third-order valence-electron chi connectivity index (χ3n) is 5.05. The summed E-state index contributed by atoms with van der Waals surface area (Å²) < 4.78 is 1.22. The maximum Gasteiger partial charge on any atom is 0.0378 e. The lowest BCUT2D eigenvalue weighted by molar-refractivity contribution is 0.273. The fourth-order valence-electron chi connectivity index (χ4n) is 3.66. The third kappa shape index (κ3) is 3.27. The molecule has 0 spiro atoms. The van der Waals surface area contributed by atoms with E-state index in [1.165, 1.54) is 61.2 Å². The number of anilines is 1. The molecule has 4 heteroatoms. The first-order valence-corrected chi connectivity index (χ1v) is 8.94. The Kier molecular flexibility index (Phi) is 4.87. The lowest BCUT2D eigenvalue weighted by atomic mass is 10.1. The van der Waals surface area contributed by atoms with Gasteiger partial charge in [-0.15, -0.1) is 0 Å². The summed E-state index contributed by atoms with van der Waals surface area (Å²) >= 11 is 3.75. The summed E-state index contributed by atoms with van der Waals surface area (Å²) in [7, 11) is 2.01. The highest BCUT2D eigenvalue weighted by Gasteiger charge is 2.28. The first kappa shape index (κ1) is 15.3. The van der Waals surface area contributed by atoms with Crippen molar-refractivity contribution < 1.29 is 0 Å². The number of nitrogens with one attached hydrogen (secondary N) is 1. The van der Waals surface area contributed by atoms with E-state index in [1.54, 1.807) is 0 Å². The normalized spacial score (nSPS) is 24.7. The first-order valence-electron chi connectivity index (χ1n) is 8.14. The Balaban J connectivity index is 1.78.